The van der Waals surface area contributed by atoms with Crippen LogP contribution in [0, 0.1) is 0 Å². The summed E-state index contributed by atoms with van der Waals surface area (Å²) in [7, 11) is 1.35. The van der Waals surface area contributed by atoms with E-state index in [1.807, 2.05) is 0 Å². The summed E-state index contributed by atoms with van der Waals surface area (Å²) in [5.41, 5.74) is 0. The lowest BCUT2D eigenvalue weighted by molar-refractivity contribution is -0.137. The van der Waals surface area contributed by atoms with Gasteiger partial charge in [-0.15, -0.1) is 0 Å². The molecular formula is C3H7ClO3. The number of methoxy groups -OCH3 is 1. The number of rotatable bonds is 0. The number of esters is 1. The number of carbonyl (C=O) groups is 1. The van der Waals surface area contributed by atoms with Crippen LogP contribution in [0.3, 0.4) is 0 Å². The molecule has 0 unspecified atom stereocenters. The molecule has 1 N–H and O–H groups in total. The molecule has 0 fully saturated rings. The third-order valence-electron chi connectivity index (χ3n) is 0.287. The first-order valence-electron chi connectivity index (χ1n) is 1.49. The Hall–Kier alpha value is -0.280. The maximum Gasteiger partial charge on any atom is 0.302 e. The summed E-state index contributed by atoms with van der Waals surface area (Å²) in [6.07, 6.45) is 0. The van der Waals surface area contributed by atoms with E-state index in [-0.39, 0.29) is 5.97 Å². The first-order chi connectivity index (χ1) is 3.27. The largest absolute Gasteiger partial charge is 0.469 e. The molecule has 0 saturated carbocycles. The summed E-state index contributed by atoms with van der Waals surface area (Å²) >= 11 is 3.64. The van der Waals surface area contributed by atoms with E-state index in [2.05, 4.69) is 16.6 Å². The van der Waals surface area contributed by atoms with Crippen molar-refractivity contribution in [2.24, 2.45) is 0 Å². The van der Waals surface area contributed by atoms with Crippen molar-refractivity contribution in [3.63, 3.8) is 0 Å². The quantitative estimate of drug-likeness (QED) is 0.476. The highest BCUT2D eigenvalue weighted by Crippen LogP contribution is 1.60. The molecule has 0 radical (unpaired) electrons. The standard InChI is InChI=1S/C3H6O2.ClHO/c1-3(4)5-2;1-2/h1-2H3;2H. The summed E-state index contributed by atoms with van der Waals surface area (Å²) in [6, 6.07) is 0. The second-order valence-corrected chi connectivity index (χ2v) is 0.696. The summed E-state index contributed by atoms with van der Waals surface area (Å²) in [4.78, 5) is 9.59. The molecule has 4 heteroatoms. The minimum Gasteiger partial charge on any atom is -0.469 e. The van der Waals surface area contributed by atoms with Gasteiger partial charge in [-0.1, -0.05) is 0 Å². The first kappa shape index (κ1) is 9.87. The van der Waals surface area contributed by atoms with Crippen LogP contribution in [0.1, 0.15) is 6.92 Å². The number of ether oxygens (including phenoxy) is 1. The molecule has 0 spiro atoms. The summed E-state index contributed by atoms with van der Waals surface area (Å²) in [5, 5.41) is 0. The monoisotopic (exact) mass is 126 g/mol. The molecule has 0 saturated heterocycles. The third kappa shape index (κ3) is 26.8. The normalized spacial score (nSPS) is 5.71. The Morgan fingerprint density at radius 1 is 1.71 bits per heavy atom. The van der Waals surface area contributed by atoms with E-state index in [9.17, 15) is 4.79 Å². The summed E-state index contributed by atoms with van der Waals surface area (Å²) in [6.45, 7) is 1.36. The zero-order valence-corrected chi connectivity index (χ0v) is 4.90. The van der Waals surface area contributed by atoms with E-state index in [0.29, 0.717) is 0 Å². The number of carbonyl (C=O) groups excluding carboxylic acids is 1. The van der Waals surface area contributed by atoms with Crippen molar-refractivity contribution >= 4 is 17.8 Å². The summed E-state index contributed by atoms with van der Waals surface area (Å²) in [5.74, 6) is -0.245. The van der Waals surface area contributed by atoms with E-state index in [0.717, 1.165) is 0 Å². The number of halogens is 1. The predicted octanol–water partition coefficient (Wildman–Crippen LogP) is 0.312. The average Bonchev–Trinajstić information content (AvgIpc) is 1.73. The van der Waals surface area contributed by atoms with Gasteiger partial charge >= 0.3 is 5.97 Å². The third-order valence-corrected chi connectivity index (χ3v) is 0.287. The van der Waals surface area contributed by atoms with E-state index in [1.54, 1.807) is 0 Å². The highest BCUT2D eigenvalue weighted by Gasteiger charge is 1.75. The van der Waals surface area contributed by atoms with Crippen molar-refractivity contribution in [1.29, 1.82) is 0 Å². The smallest absolute Gasteiger partial charge is 0.302 e. The van der Waals surface area contributed by atoms with Gasteiger partial charge in [0.05, 0.1) is 19.0 Å². The molecule has 7 heavy (non-hydrogen) atoms. The zero-order chi connectivity index (χ0) is 6.28. The first-order valence-corrected chi connectivity index (χ1v) is 1.82. The van der Waals surface area contributed by atoms with Gasteiger partial charge in [-0.2, -0.15) is 0 Å². The van der Waals surface area contributed by atoms with Gasteiger partial charge in [-0.25, -0.2) is 0 Å². The van der Waals surface area contributed by atoms with Crippen LogP contribution in [0.15, 0.2) is 0 Å². The molecule has 0 aliphatic rings. The molecule has 0 aromatic heterocycles. The minimum absolute atomic E-state index is 0.245. The molecule has 0 atom stereocenters. The molecule has 0 rings (SSSR count). The van der Waals surface area contributed by atoms with Crippen molar-refractivity contribution in [1.82, 2.24) is 0 Å². The van der Waals surface area contributed by atoms with Crippen LogP contribution in [0.4, 0.5) is 0 Å². The van der Waals surface area contributed by atoms with Gasteiger partial charge in [0, 0.05) is 6.92 Å². The van der Waals surface area contributed by atoms with E-state index in [4.69, 9.17) is 4.66 Å². The van der Waals surface area contributed by atoms with Gasteiger partial charge < -0.3 is 4.74 Å². The van der Waals surface area contributed by atoms with E-state index < -0.39 is 0 Å². The van der Waals surface area contributed by atoms with Gasteiger partial charge in [0.15, 0.2) is 0 Å². The van der Waals surface area contributed by atoms with Crippen molar-refractivity contribution < 1.29 is 14.2 Å². The Balaban J connectivity index is 0. The fourth-order valence-electron chi connectivity index (χ4n) is 0. The molecule has 44 valence electrons. The number of hydrogen-bond donors (Lipinski definition) is 1. The van der Waals surface area contributed by atoms with Crippen LogP contribution >= 0.6 is 11.9 Å². The summed E-state index contributed by atoms with van der Waals surface area (Å²) < 4.78 is 10.6. The highest BCUT2D eigenvalue weighted by molar-refractivity contribution is 6.04. The van der Waals surface area contributed by atoms with Crippen LogP contribution in [-0.4, -0.2) is 17.7 Å². The lowest BCUT2D eigenvalue weighted by atomic mass is 10.8. The fraction of sp³-hybridized carbons (Fsp3) is 0.667. The van der Waals surface area contributed by atoms with Crippen molar-refractivity contribution in [2.75, 3.05) is 7.11 Å². The van der Waals surface area contributed by atoms with Crippen molar-refractivity contribution in [3.8, 4) is 0 Å². The fourth-order valence-corrected chi connectivity index (χ4v) is 0. The van der Waals surface area contributed by atoms with Gasteiger partial charge in [-0.3, -0.25) is 9.45 Å². The van der Waals surface area contributed by atoms with Crippen LogP contribution < -0.4 is 0 Å². The van der Waals surface area contributed by atoms with Crippen molar-refractivity contribution in [3.05, 3.63) is 0 Å². The lowest BCUT2D eigenvalue weighted by Crippen LogP contribution is -1.88. The zero-order valence-electron chi connectivity index (χ0n) is 4.14. The Labute approximate surface area is 47.0 Å². The van der Waals surface area contributed by atoms with Crippen LogP contribution in [0.25, 0.3) is 0 Å². The average molecular weight is 127 g/mol. The molecule has 0 aliphatic carbocycles. The molecule has 0 aromatic carbocycles. The molecule has 0 heterocycles. The molecule has 0 aliphatic heterocycles. The van der Waals surface area contributed by atoms with E-state index in [1.165, 1.54) is 14.0 Å². The Morgan fingerprint density at radius 2 is 1.86 bits per heavy atom. The molecule has 0 bridgehead atoms. The van der Waals surface area contributed by atoms with E-state index >= 15 is 0 Å². The SMILES string of the molecule is COC(C)=O.OCl. The lowest BCUT2D eigenvalue weighted by Gasteiger charge is -1.80. The van der Waals surface area contributed by atoms with Crippen LogP contribution in [0.5, 0.6) is 0 Å². The topological polar surface area (TPSA) is 46.5 Å². The maximum absolute atomic E-state index is 9.59. The second kappa shape index (κ2) is 9.21. The Morgan fingerprint density at radius 3 is 1.86 bits per heavy atom. The van der Waals surface area contributed by atoms with Gasteiger partial charge in [-0.05, 0) is 0 Å². The van der Waals surface area contributed by atoms with Crippen molar-refractivity contribution in [2.45, 2.75) is 6.92 Å². The Bertz CT molecular complexity index is 45.4. The molecule has 3 nitrogen and oxygen atoms in total. The van der Waals surface area contributed by atoms with Gasteiger partial charge in [0.2, 0.25) is 0 Å². The number of hydrogen-bond acceptors (Lipinski definition) is 3. The van der Waals surface area contributed by atoms with Crippen LogP contribution in [-0.2, 0) is 9.53 Å². The van der Waals surface area contributed by atoms with Crippen LogP contribution in [0.2, 0.25) is 0 Å². The minimum atomic E-state index is -0.245. The molecule has 0 amide bonds. The molecule has 0 aromatic rings. The highest BCUT2D eigenvalue weighted by atomic mass is 35.5. The predicted molar refractivity (Wildman–Crippen MR) is 25.8 cm³/mol. The van der Waals surface area contributed by atoms with Gasteiger partial charge in [0.1, 0.15) is 0 Å². The molecular weight excluding hydrogens is 119 g/mol. The Kier molecular flexibility index (Phi) is 13.0. The van der Waals surface area contributed by atoms with Gasteiger partial charge in [0.25, 0.3) is 0 Å². The second-order valence-electron chi connectivity index (χ2n) is 0.696. The maximum atomic E-state index is 9.59.